The van der Waals surface area contributed by atoms with Crippen LogP contribution in [0.1, 0.15) is 24.2 Å². The summed E-state index contributed by atoms with van der Waals surface area (Å²) in [6, 6.07) is 6.21. The highest BCUT2D eigenvalue weighted by atomic mass is 19.1. The lowest BCUT2D eigenvalue weighted by atomic mass is 10.1. The summed E-state index contributed by atoms with van der Waals surface area (Å²) in [4.78, 5) is 0. The third-order valence-electron chi connectivity index (χ3n) is 3.12. The van der Waals surface area contributed by atoms with Crippen LogP contribution in [0, 0.1) is 12.7 Å². The number of aliphatic hydroxyl groups is 1. The Hall–Kier alpha value is -1.72. The quantitative estimate of drug-likeness (QED) is 0.849. The van der Waals surface area contributed by atoms with Crippen LogP contribution in [-0.2, 0) is 6.54 Å². The maximum Gasteiger partial charge on any atom is 0.123 e. The summed E-state index contributed by atoms with van der Waals surface area (Å²) >= 11 is 0. The molecule has 2 unspecified atom stereocenters. The number of rotatable bonds is 6. The lowest BCUT2D eigenvalue weighted by Gasteiger charge is -2.17. The van der Waals surface area contributed by atoms with Crippen LogP contribution in [-0.4, -0.2) is 27.5 Å². The summed E-state index contributed by atoms with van der Waals surface area (Å²) in [5.74, 6) is -0.332. The van der Waals surface area contributed by atoms with E-state index in [1.54, 1.807) is 12.1 Å². The summed E-state index contributed by atoms with van der Waals surface area (Å²) in [5.41, 5.74) is 1.71. The Balaban J connectivity index is 1.82. The minimum atomic E-state index is -0.715. The molecule has 0 saturated carbocycles. The van der Waals surface area contributed by atoms with Crippen LogP contribution >= 0.6 is 0 Å². The molecular formula is C15H20FN3O. The van der Waals surface area contributed by atoms with E-state index in [0.29, 0.717) is 12.1 Å². The Labute approximate surface area is 118 Å². The molecule has 2 atom stereocenters. The molecule has 0 radical (unpaired) electrons. The van der Waals surface area contributed by atoms with Crippen molar-refractivity contribution in [1.82, 2.24) is 15.1 Å². The van der Waals surface area contributed by atoms with E-state index in [-0.39, 0.29) is 11.9 Å². The molecule has 0 aliphatic rings. The highest BCUT2D eigenvalue weighted by Gasteiger charge is 2.10. The van der Waals surface area contributed by atoms with Gasteiger partial charge in [-0.1, -0.05) is 12.1 Å². The van der Waals surface area contributed by atoms with E-state index in [4.69, 9.17) is 0 Å². The lowest BCUT2D eigenvalue weighted by Crippen LogP contribution is -2.33. The largest absolute Gasteiger partial charge is 0.387 e. The monoisotopic (exact) mass is 277 g/mol. The van der Waals surface area contributed by atoms with E-state index in [0.717, 1.165) is 12.1 Å². The van der Waals surface area contributed by atoms with Crippen LogP contribution in [0.2, 0.25) is 0 Å². The van der Waals surface area contributed by atoms with Gasteiger partial charge in [0.25, 0.3) is 0 Å². The predicted octanol–water partition coefficient (Wildman–Crippen LogP) is 2.04. The van der Waals surface area contributed by atoms with Crippen LogP contribution < -0.4 is 5.32 Å². The van der Waals surface area contributed by atoms with Crippen molar-refractivity contribution >= 4 is 0 Å². The van der Waals surface area contributed by atoms with E-state index < -0.39 is 6.10 Å². The topological polar surface area (TPSA) is 50.1 Å². The Kier molecular flexibility index (Phi) is 4.87. The Morgan fingerprint density at radius 1 is 1.45 bits per heavy atom. The predicted molar refractivity (Wildman–Crippen MR) is 75.8 cm³/mol. The number of benzene rings is 1. The second-order valence-corrected chi connectivity index (χ2v) is 5.12. The summed E-state index contributed by atoms with van der Waals surface area (Å²) in [7, 11) is 0. The molecule has 20 heavy (non-hydrogen) atoms. The van der Waals surface area contributed by atoms with E-state index in [1.807, 2.05) is 30.9 Å². The second kappa shape index (κ2) is 6.63. The van der Waals surface area contributed by atoms with Gasteiger partial charge in [0.05, 0.1) is 18.8 Å². The molecule has 1 aromatic heterocycles. The average molecular weight is 277 g/mol. The molecule has 1 heterocycles. The molecule has 2 aromatic rings. The highest BCUT2D eigenvalue weighted by molar-refractivity contribution is 5.18. The normalized spacial score (nSPS) is 14.2. The fourth-order valence-electron chi connectivity index (χ4n) is 2.06. The first-order valence-corrected chi connectivity index (χ1v) is 6.70. The van der Waals surface area contributed by atoms with Gasteiger partial charge in [-0.3, -0.25) is 4.68 Å². The van der Waals surface area contributed by atoms with Crippen molar-refractivity contribution in [3.05, 3.63) is 53.6 Å². The minimum Gasteiger partial charge on any atom is -0.387 e. The van der Waals surface area contributed by atoms with Crippen molar-refractivity contribution in [1.29, 1.82) is 0 Å². The SMILES string of the molecule is Cc1cnn(CC(C)NCC(O)c2cccc(F)c2)c1. The van der Waals surface area contributed by atoms with Crippen molar-refractivity contribution in [3.63, 3.8) is 0 Å². The van der Waals surface area contributed by atoms with E-state index >= 15 is 0 Å². The van der Waals surface area contributed by atoms with Crippen LogP contribution in [0.3, 0.4) is 0 Å². The number of hydrogen-bond donors (Lipinski definition) is 2. The zero-order valence-corrected chi connectivity index (χ0v) is 11.8. The second-order valence-electron chi connectivity index (χ2n) is 5.12. The molecule has 0 bridgehead atoms. The summed E-state index contributed by atoms with van der Waals surface area (Å²) in [6.07, 6.45) is 3.07. The molecule has 2 N–H and O–H groups in total. The number of aromatic nitrogens is 2. The van der Waals surface area contributed by atoms with Gasteiger partial charge in [0.2, 0.25) is 0 Å². The zero-order valence-electron chi connectivity index (χ0n) is 11.8. The van der Waals surface area contributed by atoms with Crippen LogP contribution in [0.15, 0.2) is 36.7 Å². The van der Waals surface area contributed by atoms with Crippen molar-refractivity contribution in [2.24, 2.45) is 0 Å². The first-order valence-electron chi connectivity index (χ1n) is 6.70. The fourth-order valence-corrected chi connectivity index (χ4v) is 2.06. The third-order valence-corrected chi connectivity index (χ3v) is 3.12. The molecule has 1 aromatic carbocycles. The number of aliphatic hydroxyl groups excluding tert-OH is 1. The summed E-state index contributed by atoms with van der Waals surface area (Å²) < 4.78 is 14.9. The molecule has 2 rings (SSSR count). The van der Waals surface area contributed by atoms with E-state index in [2.05, 4.69) is 10.4 Å². The van der Waals surface area contributed by atoms with Gasteiger partial charge in [0.1, 0.15) is 5.82 Å². The molecule has 0 aliphatic heterocycles. The number of hydrogen-bond acceptors (Lipinski definition) is 3. The van der Waals surface area contributed by atoms with Crippen molar-refractivity contribution < 1.29 is 9.50 Å². The Bertz CT molecular complexity index is 556. The third kappa shape index (κ3) is 4.15. The van der Waals surface area contributed by atoms with Gasteiger partial charge in [0, 0.05) is 18.8 Å². The molecule has 0 amide bonds. The van der Waals surface area contributed by atoms with Gasteiger partial charge in [-0.05, 0) is 37.1 Å². The first-order chi connectivity index (χ1) is 9.54. The molecule has 0 fully saturated rings. The average Bonchev–Trinajstić information content (AvgIpc) is 2.81. The van der Waals surface area contributed by atoms with Gasteiger partial charge in [-0.2, -0.15) is 5.10 Å². The standard InChI is InChI=1S/C15H20FN3O/c1-11-7-18-19(9-11)10-12(2)17-8-15(20)13-4-3-5-14(16)6-13/h3-7,9,12,15,17,20H,8,10H2,1-2H3. The van der Waals surface area contributed by atoms with Gasteiger partial charge in [-0.15, -0.1) is 0 Å². The van der Waals surface area contributed by atoms with E-state index in [9.17, 15) is 9.50 Å². The lowest BCUT2D eigenvalue weighted by molar-refractivity contribution is 0.168. The molecule has 0 aliphatic carbocycles. The van der Waals surface area contributed by atoms with Crippen molar-refractivity contribution in [3.8, 4) is 0 Å². The maximum atomic E-state index is 13.1. The molecular weight excluding hydrogens is 257 g/mol. The molecule has 5 heteroatoms. The zero-order chi connectivity index (χ0) is 14.5. The number of halogens is 1. The van der Waals surface area contributed by atoms with Gasteiger partial charge in [0.15, 0.2) is 0 Å². The fraction of sp³-hybridized carbons (Fsp3) is 0.400. The van der Waals surface area contributed by atoms with Crippen molar-refractivity contribution in [2.45, 2.75) is 32.5 Å². The number of nitrogens with one attached hydrogen (secondary N) is 1. The Morgan fingerprint density at radius 2 is 2.25 bits per heavy atom. The molecule has 0 saturated heterocycles. The van der Waals surface area contributed by atoms with Crippen LogP contribution in [0.4, 0.5) is 4.39 Å². The Morgan fingerprint density at radius 3 is 2.90 bits per heavy atom. The smallest absolute Gasteiger partial charge is 0.123 e. The number of nitrogens with zero attached hydrogens (tertiary/aromatic N) is 2. The van der Waals surface area contributed by atoms with Crippen molar-refractivity contribution in [2.75, 3.05) is 6.54 Å². The summed E-state index contributed by atoms with van der Waals surface area (Å²) in [6.45, 7) is 5.12. The molecule has 108 valence electrons. The van der Waals surface area contributed by atoms with Crippen LogP contribution in [0.25, 0.3) is 0 Å². The molecule has 4 nitrogen and oxygen atoms in total. The maximum absolute atomic E-state index is 13.1. The number of aryl methyl sites for hydroxylation is 1. The minimum absolute atomic E-state index is 0.164. The highest BCUT2D eigenvalue weighted by Crippen LogP contribution is 2.13. The summed E-state index contributed by atoms with van der Waals surface area (Å²) in [5, 5.41) is 17.5. The first kappa shape index (κ1) is 14.7. The molecule has 0 spiro atoms. The van der Waals surface area contributed by atoms with Gasteiger partial charge >= 0.3 is 0 Å². The van der Waals surface area contributed by atoms with Crippen LogP contribution in [0.5, 0.6) is 0 Å². The van der Waals surface area contributed by atoms with E-state index in [1.165, 1.54) is 12.1 Å². The van der Waals surface area contributed by atoms with Gasteiger partial charge < -0.3 is 10.4 Å². The van der Waals surface area contributed by atoms with Gasteiger partial charge in [-0.25, -0.2) is 4.39 Å².